The van der Waals surface area contributed by atoms with Crippen molar-refractivity contribution in [1.29, 1.82) is 0 Å². The summed E-state index contributed by atoms with van der Waals surface area (Å²) in [4.78, 5) is 35.1. The van der Waals surface area contributed by atoms with Crippen molar-refractivity contribution < 1.29 is 4.79 Å². The Kier molecular flexibility index (Phi) is 9.11. The molecule has 0 saturated carbocycles. The third-order valence-electron chi connectivity index (χ3n) is 6.65. The molecule has 3 aromatic rings. The number of nitrogens with one attached hydrogen (secondary N) is 2. The van der Waals surface area contributed by atoms with Gasteiger partial charge >= 0.3 is 0 Å². The van der Waals surface area contributed by atoms with Crippen molar-refractivity contribution in [3.8, 4) is 11.3 Å². The summed E-state index contributed by atoms with van der Waals surface area (Å²) in [5.74, 6) is 1.12. The van der Waals surface area contributed by atoms with Crippen molar-refractivity contribution in [2.45, 2.75) is 39.8 Å². The minimum atomic E-state index is -0.289. The fourth-order valence-corrected chi connectivity index (χ4v) is 4.20. The zero-order chi connectivity index (χ0) is 28.7. The molecule has 0 unspecified atom stereocenters. The molecular formula is C30H39N9O. The van der Waals surface area contributed by atoms with Gasteiger partial charge in [-0.15, -0.1) is 0 Å². The fourth-order valence-electron chi connectivity index (χ4n) is 4.20. The summed E-state index contributed by atoms with van der Waals surface area (Å²) in [6.45, 7) is 12.4. The van der Waals surface area contributed by atoms with E-state index in [0.29, 0.717) is 17.9 Å². The van der Waals surface area contributed by atoms with Crippen LogP contribution in [0, 0.1) is 6.92 Å². The SMILES string of the molecule is Cc1cc(-c2cc(Nc3ccc(N4CCN(C)CC4)cn3)ncn2)ccc1CNC(=O)C(C=NC(C)(C)C)=CN. The predicted molar refractivity (Wildman–Crippen MR) is 162 cm³/mol. The molecule has 1 fully saturated rings. The minimum Gasteiger partial charge on any atom is -0.404 e. The van der Waals surface area contributed by atoms with Crippen molar-refractivity contribution in [2.75, 3.05) is 43.4 Å². The van der Waals surface area contributed by atoms with Crippen LogP contribution in [0.3, 0.4) is 0 Å². The summed E-state index contributed by atoms with van der Waals surface area (Å²) < 4.78 is 0. The number of carbonyl (C=O) groups is 1. The first-order chi connectivity index (χ1) is 19.1. The largest absolute Gasteiger partial charge is 0.404 e. The topological polar surface area (TPSA) is 125 Å². The van der Waals surface area contributed by atoms with Crippen molar-refractivity contribution in [3.63, 3.8) is 0 Å². The molecule has 0 radical (unpaired) electrons. The van der Waals surface area contributed by atoms with Gasteiger partial charge in [0.15, 0.2) is 0 Å². The molecule has 210 valence electrons. The quantitative estimate of drug-likeness (QED) is 0.291. The number of nitrogens with two attached hydrogens (primary N) is 1. The van der Waals surface area contributed by atoms with E-state index in [1.807, 2.05) is 58.2 Å². The number of hydrogen-bond donors (Lipinski definition) is 3. The van der Waals surface area contributed by atoms with Gasteiger partial charge in [0.1, 0.15) is 18.0 Å². The highest BCUT2D eigenvalue weighted by Gasteiger charge is 2.15. The number of benzene rings is 1. The van der Waals surface area contributed by atoms with Crippen LogP contribution in [-0.2, 0) is 11.3 Å². The molecule has 10 nitrogen and oxygen atoms in total. The Labute approximate surface area is 236 Å². The van der Waals surface area contributed by atoms with Gasteiger partial charge in [0, 0.05) is 56.8 Å². The normalized spacial score (nSPS) is 14.9. The highest BCUT2D eigenvalue weighted by molar-refractivity contribution is 6.12. The van der Waals surface area contributed by atoms with Gasteiger partial charge in [-0.05, 0) is 64.1 Å². The summed E-state index contributed by atoms with van der Waals surface area (Å²) in [5.41, 5.74) is 10.6. The van der Waals surface area contributed by atoms with Gasteiger partial charge in [-0.2, -0.15) is 0 Å². The molecule has 10 heteroatoms. The molecule has 4 rings (SSSR count). The predicted octanol–water partition coefficient (Wildman–Crippen LogP) is 3.67. The van der Waals surface area contributed by atoms with Crippen molar-refractivity contribution in [2.24, 2.45) is 10.7 Å². The van der Waals surface area contributed by atoms with E-state index >= 15 is 0 Å². The number of pyridine rings is 1. The lowest BCUT2D eigenvalue weighted by atomic mass is 10.0. The summed E-state index contributed by atoms with van der Waals surface area (Å²) >= 11 is 0. The van der Waals surface area contributed by atoms with Crippen LogP contribution in [0.4, 0.5) is 17.3 Å². The van der Waals surface area contributed by atoms with Gasteiger partial charge in [-0.1, -0.05) is 12.1 Å². The number of likely N-dealkylation sites (N-methyl/N-ethyl adjacent to an activating group) is 1. The molecule has 1 amide bonds. The summed E-state index contributed by atoms with van der Waals surface area (Å²) in [7, 11) is 2.15. The van der Waals surface area contributed by atoms with Crippen molar-refractivity contribution in [3.05, 3.63) is 71.8 Å². The van der Waals surface area contributed by atoms with Crippen LogP contribution < -0.4 is 21.3 Å². The number of aromatic nitrogens is 3. The van der Waals surface area contributed by atoms with Crippen LogP contribution in [0.15, 0.2) is 65.7 Å². The number of hydrogen-bond acceptors (Lipinski definition) is 9. The number of piperazine rings is 1. The number of rotatable bonds is 8. The maximum absolute atomic E-state index is 12.6. The number of anilines is 3. The van der Waals surface area contributed by atoms with Crippen LogP contribution in [-0.4, -0.2) is 70.7 Å². The molecule has 1 aliphatic rings. The van der Waals surface area contributed by atoms with E-state index in [0.717, 1.165) is 60.1 Å². The van der Waals surface area contributed by atoms with E-state index in [-0.39, 0.29) is 11.4 Å². The summed E-state index contributed by atoms with van der Waals surface area (Å²) in [5, 5.41) is 6.21. The first-order valence-corrected chi connectivity index (χ1v) is 13.4. The van der Waals surface area contributed by atoms with E-state index in [1.165, 1.54) is 12.4 Å². The standard InChI is InChI=1S/C30H39N9O/c1-21-14-22(6-7-23(21)17-33-29(40)24(16-31)18-36-30(2,3)4)26-15-28(35-20-34-26)37-27-9-8-25(19-32-27)39-12-10-38(5)11-13-39/h6-9,14-16,18-20H,10-13,17,31H2,1-5H3,(H,33,40)(H,32,34,35,37). The molecule has 0 spiro atoms. The minimum absolute atomic E-state index is 0.268. The molecule has 4 N–H and O–H groups in total. The molecule has 2 aromatic heterocycles. The molecule has 0 atom stereocenters. The Morgan fingerprint density at radius 2 is 1.82 bits per heavy atom. The second-order valence-electron chi connectivity index (χ2n) is 11.0. The van der Waals surface area contributed by atoms with Gasteiger partial charge in [-0.3, -0.25) is 9.79 Å². The fraction of sp³-hybridized carbons (Fsp3) is 0.367. The van der Waals surface area contributed by atoms with E-state index in [1.54, 1.807) is 6.33 Å². The smallest absolute Gasteiger partial charge is 0.254 e. The first-order valence-electron chi connectivity index (χ1n) is 13.4. The van der Waals surface area contributed by atoms with E-state index < -0.39 is 0 Å². The molecule has 3 heterocycles. The third-order valence-corrected chi connectivity index (χ3v) is 6.65. The van der Waals surface area contributed by atoms with Gasteiger partial charge in [-0.25, -0.2) is 15.0 Å². The van der Waals surface area contributed by atoms with Crippen molar-refractivity contribution >= 4 is 29.4 Å². The van der Waals surface area contributed by atoms with Gasteiger partial charge in [0.25, 0.3) is 5.91 Å². The van der Waals surface area contributed by atoms with Gasteiger partial charge in [0.05, 0.1) is 28.7 Å². The number of amides is 1. The lowest BCUT2D eigenvalue weighted by molar-refractivity contribution is -0.117. The highest BCUT2D eigenvalue weighted by atomic mass is 16.1. The second-order valence-corrected chi connectivity index (χ2v) is 11.0. The Morgan fingerprint density at radius 1 is 1.05 bits per heavy atom. The first kappa shape index (κ1) is 28.7. The highest BCUT2D eigenvalue weighted by Crippen LogP contribution is 2.24. The maximum atomic E-state index is 12.6. The van der Waals surface area contributed by atoms with Gasteiger partial charge < -0.3 is 26.2 Å². The van der Waals surface area contributed by atoms with Crippen LogP contribution in [0.5, 0.6) is 0 Å². The molecule has 0 bridgehead atoms. The third kappa shape index (κ3) is 7.86. The van der Waals surface area contributed by atoms with E-state index in [2.05, 4.69) is 59.6 Å². The Balaban J connectivity index is 1.38. The number of aliphatic imine (C=N–C) groups is 1. The molecular weight excluding hydrogens is 502 g/mol. The van der Waals surface area contributed by atoms with Crippen LogP contribution in [0.2, 0.25) is 0 Å². The second kappa shape index (κ2) is 12.7. The Hall–Kier alpha value is -4.31. The molecule has 1 saturated heterocycles. The zero-order valence-corrected chi connectivity index (χ0v) is 24.0. The lowest BCUT2D eigenvalue weighted by Crippen LogP contribution is -2.44. The van der Waals surface area contributed by atoms with Crippen LogP contribution in [0.25, 0.3) is 11.3 Å². The van der Waals surface area contributed by atoms with Crippen molar-refractivity contribution in [1.82, 2.24) is 25.2 Å². The molecule has 40 heavy (non-hydrogen) atoms. The molecule has 1 aliphatic heterocycles. The van der Waals surface area contributed by atoms with Gasteiger partial charge in [0.2, 0.25) is 0 Å². The number of carbonyl (C=O) groups excluding carboxylic acids is 1. The van der Waals surface area contributed by atoms with E-state index in [9.17, 15) is 4.79 Å². The summed E-state index contributed by atoms with van der Waals surface area (Å²) in [6, 6.07) is 12.0. The van der Waals surface area contributed by atoms with E-state index in [4.69, 9.17) is 5.73 Å². The summed E-state index contributed by atoms with van der Waals surface area (Å²) in [6.07, 6.45) is 6.24. The Bertz CT molecular complexity index is 1370. The Morgan fingerprint density at radius 3 is 2.48 bits per heavy atom. The number of aryl methyl sites for hydroxylation is 1. The molecule has 0 aliphatic carbocycles. The average Bonchev–Trinajstić information content (AvgIpc) is 2.93. The lowest BCUT2D eigenvalue weighted by Gasteiger charge is -2.33. The van der Waals surface area contributed by atoms with Crippen LogP contribution in [0.1, 0.15) is 31.9 Å². The monoisotopic (exact) mass is 541 g/mol. The number of nitrogens with zero attached hydrogens (tertiary/aromatic N) is 6. The average molecular weight is 542 g/mol. The van der Waals surface area contributed by atoms with Crippen LogP contribution >= 0.6 is 0 Å². The maximum Gasteiger partial charge on any atom is 0.254 e. The molecule has 1 aromatic carbocycles. The zero-order valence-electron chi connectivity index (χ0n) is 24.0.